The standard InChI is InChI=1S/C15H14N2O2/c1-9-3-5-12-11(7-9)16-15(19)17(12)13-8-10(2)4-6-14(13)18/h3-8,18H,1-2H3,(H,16,19). The second-order valence-electron chi connectivity index (χ2n) is 4.78. The Morgan fingerprint density at radius 2 is 1.74 bits per heavy atom. The maximum absolute atomic E-state index is 12.1. The molecule has 0 saturated heterocycles. The van der Waals surface area contributed by atoms with Crippen molar-refractivity contribution in [1.29, 1.82) is 0 Å². The summed E-state index contributed by atoms with van der Waals surface area (Å²) in [5.41, 5.74) is 3.85. The second kappa shape index (κ2) is 4.02. The lowest BCUT2D eigenvalue weighted by molar-refractivity contribution is 0.472. The third kappa shape index (κ3) is 1.81. The highest BCUT2D eigenvalue weighted by molar-refractivity contribution is 5.78. The molecule has 0 atom stereocenters. The average molecular weight is 254 g/mol. The Morgan fingerprint density at radius 1 is 1.05 bits per heavy atom. The molecule has 2 aromatic carbocycles. The summed E-state index contributed by atoms with van der Waals surface area (Å²) in [6, 6.07) is 10.9. The maximum atomic E-state index is 12.1. The van der Waals surface area contributed by atoms with Gasteiger partial charge in [-0.2, -0.15) is 0 Å². The summed E-state index contributed by atoms with van der Waals surface area (Å²) < 4.78 is 1.50. The first kappa shape index (κ1) is 11.6. The lowest BCUT2D eigenvalue weighted by Gasteiger charge is -2.07. The molecule has 0 radical (unpaired) electrons. The molecular formula is C15H14N2O2. The number of benzene rings is 2. The number of imidazole rings is 1. The smallest absolute Gasteiger partial charge is 0.331 e. The summed E-state index contributed by atoms with van der Waals surface area (Å²) in [7, 11) is 0. The van der Waals surface area contributed by atoms with Crippen LogP contribution in [0.4, 0.5) is 0 Å². The molecule has 0 bridgehead atoms. The van der Waals surface area contributed by atoms with E-state index in [1.54, 1.807) is 12.1 Å². The van der Waals surface area contributed by atoms with Crippen LogP contribution in [0.15, 0.2) is 41.2 Å². The average Bonchev–Trinajstić information content (AvgIpc) is 2.67. The third-order valence-corrected chi connectivity index (χ3v) is 3.21. The number of phenolic OH excluding ortho intramolecular Hbond substituents is 1. The topological polar surface area (TPSA) is 58.0 Å². The Bertz CT molecular complexity index is 828. The minimum atomic E-state index is -0.249. The second-order valence-corrected chi connectivity index (χ2v) is 4.78. The van der Waals surface area contributed by atoms with Crippen LogP contribution in [0, 0.1) is 13.8 Å². The van der Waals surface area contributed by atoms with Gasteiger partial charge in [0.15, 0.2) is 0 Å². The fourth-order valence-electron chi connectivity index (χ4n) is 2.28. The van der Waals surface area contributed by atoms with Crippen LogP contribution in [0.5, 0.6) is 5.75 Å². The molecule has 0 spiro atoms. The number of hydrogen-bond acceptors (Lipinski definition) is 2. The SMILES string of the molecule is Cc1ccc(O)c(-n2c(=O)[nH]c3cc(C)ccc32)c1. The van der Waals surface area contributed by atoms with Crippen LogP contribution in [0.1, 0.15) is 11.1 Å². The monoisotopic (exact) mass is 254 g/mol. The molecule has 0 aliphatic rings. The highest BCUT2D eigenvalue weighted by Gasteiger charge is 2.12. The normalized spacial score (nSPS) is 11.1. The van der Waals surface area contributed by atoms with Gasteiger partial charge < -0.3 is 10.1 Å². The van der Waals surface area contributed by atoms with Crippen molar-refractivity contribution in [2.75, 3.05) is 0 Å². The van der Waals surface area contributed by atoms with Crippen LogP contribution in [-0.4, -0.2) is 14.7 Å². The Labute approximate surface area is 109 Å². The lowest BCUT2D eigenvalue weighted by atomic mass is 10.2. The van der Waals surface area contributed by atoms with Gasteiger partial charge in [-0.25, -0.2) is 4.79 Å². The first-order valence-corrected chi connectivity index (χ1v) is 6.07. The van der Waals surface area contributed by atoms with Crippen LogP contribution in [-0.2, 0) is 0 Å². The molecule has 0 unspecified atom stereocenters. The number of phenols is 1. The number of hydrogen-bond donors (Lipinski definition) is 2. The van der Waals surface area contributed by atoms with E-state index < -0.39 is 0 Å². The van der Waals surface area contributed by atoms with Crippen LogP contribution in [0.2, 0.25) is 0 Å². The van der Waals surface area contributed by atoms with Crippen molar-refractivity contribution in [3.05, 3.63) is 58.0 Å². The molecule has 0 saturated carbocycles. The van der Waals surface area contributed by atoms with Crippen molar-refractivity contribution >= 4 is 11.0 Å². The predicted octanol–water partition coefficient (Wildman–Crippen LogP) is 2.64. The third-order valence-electron chi connectivity index (χ3n) is 3.21. The zero-order valence-corrected chi connectivity index (χ0v) is 10.8. The van der Waals surface area contributed by atoms with E-state index in [9.17, 15) is 9.90 Å². The fourth-order valence-corrected chi connectivity index (χ4v) is 2.28. The van der Waals surface area contributed by atoms with E-state index in [0.717, 1.165) is 22.2 Å². The predicted molar refractivity (Wildman–Crippen MR) is 75.0 cm³/mol. The highest BCUT2D eigenvalue weighted by atomic mass is 16.3. The molecule has 1 heterocycles. The summed E-state index contributed by atoms with van der Waals surface area (Å²) in [6.45, 7) is 3.90. The summed E-state index contributed by atoms with van der Waals surface area (Å²) in [5, 5.41) is 9.97. The van der Waals surface area contributed by atoms with E-state index in [4.69, 9.17) is 0 Å². The summed E-state index contributed by atoms with van der Waals surface area (Å²) in [4.78, 5) is 14.9. The summed E-state index contributed by atoms with van der Waals surface area (Å²) in [5.74, 6) is 0.0918. The van der Waals surface area contributed by atoms with Crippen molar-refractivity contribution < 1.29 is 5.11 Å². The Morgan fingerprint density at radius 3 is 2.53 bits per heavy atom. The maximum Gasteiger partial charge on any atom is 0.331 e. The number of aryl methyl sites for hydroxylation is 2. The molecule has 0 amide bonds. The van der Waals surface area contributed by atoms with Crippen molar-refractivity contribution in [1.82, 2.24) is 9.55 Å². The van der Waals surface area contributed by atoms with Crippen molar-refractivity contribution in [3.63, 3.8) is 0 Å². The number of aromatic nitrogens is 2. The molecular weight excluding hydrogens is 240 g/mol. The van der Waals surface area contributed by atoms with Gasteiger partial charge in [0.25, 0.3) is 0 Å². The molecule has 4 nitrogen and oxygen atoms in total. The van der Waals surface area contributed by atoms with Gasteiger partial charge in [-0.1, -0.05) is 12.1 Å². The molecule has 1 aromatic heterocycles. The zero-order valence-electron chi connectivity index (χ0n) is 10.8. The largest absolute Gasteiger partial charge is 0.506 e. The Kier molecular flexibility index (Phi) is 2.45. The van der Waals surface area contributed by atoms with Gasteiger partial charge in [0.05, 0.1) is 16.7 Å². The van der Waals surface area contributed by atoms with Crippen molar-refractivity contribution in [2.24, 2.45) is 0 Å². The van der Waals surface area contributed by atoms with Gasteiger partial charge in [0.1, 0.15) is 5.75 Å². The highest BCUT2D eigenvalue weighted by Crippen LogP contribution is 2.25. The minimum Gasteiger partial charge on any atom is -0.506 e. The van der Waals surface area contributed by atoms with Gasteiger partial charge >= 0.3 is 5.69 Å². The number of rotatable bonds is 1. The van der Waals surface area contributed by atoms with E-state index in [-0.39, 0.29) is 11.4 Å². The van der Waals surface area contributed by atoms with Crippen LogP contribution in [0.3, 0.4) is 0 Å². The number of nitrogens with zero attached hydrogens (tertiary/aromatic N) is 1. The molecule has 0 aliphatic carbocycles. The van der Waals surface area contributed by atoms with Gasteiger partial charge in [0, 0.05) is 0 Å². The minimum absolute atomic E-state index is 0.0918. The van der Waals surface area contributed by atoms with E-state index in [2.05, 4.69) is 4.98 Å². The van der Waals surface area contributed by atoms with E-state index in [0.29, 0.717) is 5.69 Å². The van der Waals surface area contributed by atoms with Gasteiger partial charge in [-0.15, -0.1) is 0 Å². The van der Waals surface area contributed by atoms with Crippen LogP contribution in [0.25, 0.3) is 16.7 Å². The van der Waals surface area contributed by atoms with E-state index in [1.807, 2.05) is 38.1 Å². The zero-order chi connectivity index (χ0) is 13.6. The number of H-pyrrole nitrogens is 1. The molecule has 3 aromatic rings. The van der Waals surface area contributed by atoms with Crippen molar-refractivity contribution in [2.45, 2.75) is 13.8 Å². The number of aromatic hydroxyl groups is 1. The van der Waals surface area contributed by atoms with E-state index in [1.165, 1.54) is 4.57 Å². The lowest BCUT2D eigenvalue weighted by Crippen LogP contribution is -2.14. The van der Waals surface area contributed by atoms with Gasteiger partial charge in [-0.05, 0) is 49.2 Å². The molecule has 4 heteroatoms. The quantitative estimate of drug-likeness (QED) is 0.701. The van der Waals surface area contributed by atoms with Crippen LogP contribution < -0.4 is 5.69 Å². The summed E-state index contributed by atoms with van der Waals surface area (Å²) in [6.07, 6.45) is 0. The first-order chi connectivity index (χ1) is 9.06. The molecule has 2 N–H and O–H groups in total. The Balaban J connectivity index is 2.39. The fraction of sp³-hybridized carbons (Fsp3) is 0.133. The first-order valence-electron chi connectivity index (χ1n) is 6.07. The van der Waals surface area contributed by atoms with E-state index >= 15 is 0 Å². The number of aromatic amines is 1. The molecule has 3 rings (SSSR count). The van der Waals surface area contributed by atoms with Crippen molar-refractivity contribution in [3.8, 4) is 11.4 Å². The number of nitrogens with one attached hydrogen (secondary N) is 1. The van der Waals surface area contributed by atoms with Gasteiger partial charge in [0.2, 0.25) is 0 Å². The summed E-state index contributed by atoms with van der Waals surface area (Å²) >= 11 is 0. The number of fused-ring (bicyclic) bond motifs is 1. The molecule has 0 fully saturated rings. The molecule has 96 valence electrons. The molecule has 19 heavy (non-hydrogen) atoms. The Hall–Kier alpha value is -2.49. The molecule has 0 aliphatic heterocycles. The van der Waals surface area contributed by atoms with Crippen LogP contribution >= 0.6 is 0 Å². The van der Waals surface area contributed by atoms with Gasteiger partial charge in [-0.3, -0.25) is 4.57 Å².